The van der Waals surface area contributed by atoms with E-state index in [0.717, 1.165) is 29.1 Å². The van der Waals surface area contributed by atoms with Gasteiger partial charge in [0, 0.05) is 18.5 Å². The molecule has 0 aliphatic carbocycles. The summed E-state index contributed by atoms with van der Waals surface area (Å²) in [5, 5.41) is 3.03. The molecule has 142 valence electrons. The maximum Gasteiger partial charge on any atom is 0.221 e. The number of hydrogen-bond acceptors (Lipinski definition) is 3. The van der Waals surface area contributed by atoms with Gasteiger partial charge < -0.3 is 14.1 Å². The number of amides is 1. The molecule has 28 heavy (non-hydrogen) atoms. The van der Waals surface area contributed by atoms with Gasteiger partial charge in [0.25, 0.3) is 0 Å². The monoisotopic (exact) mass is 373 g/mol. The second-order valence-corrected chi connectivity index (χ2v) is 7.02. The van der Waals surface area contributed by atoms with Crippen molar-refractivity contribution in [3.63, 3.8) is 0 Å². The Morgan fingerprint density at radius 1 is 1.14 bits per heavy atom. The van der Waals surface area contributed by atoms with Gasteiger partial charge in [-0.1, -0.05) is 36.4 Å². The summed E-state index contributed by atoms with van der Waals surface area (Å²) in [5.74, 6) is 0.839. The Kier molecular flexibility index (Phi) is 5.24. The van der Waals surface area contributed by atoms with Crippen LogP contribution in [0.4, 0.5) is 0 Å². The first-order valence-corrected chi connectivity index (χ1v) is 9.46. The zero-order valence-corrected chi connectivity index (χ0v) is 15.8. The predicted molar refractivity (Wildman–Crippen MR) is 108 cm³/mol. The molecule has 0 saturated carbocycles. The topological polar surface area (TPSA) is 59.5 Å². The summed E-state index contributed by atoms with van der Waals surface area (Å²) in [6.45, 7) is 2.47. The van der Waals surface area contributed by atoms with Crippen LogP contribution in [-0.2, 0) is 17.8 Å². The normalized spacial score (nSPS) is 12.2. The van der Waals surface area contributed by atoms with Crippen LogP contribution >= 0.6 is 0 Å². The average molecular weight is 373 g/mol. The Bertz CT molecular complexity index is 1050. The van der Waals surface area contributed by atoms with Crippen LogP contribution in [-0.4, -0.2) is 15.3 Å². The summed E-state index contributed by atoms with van der Waals surface area (Å²) < 4.78 is 7.61. The zero-order chi connectivity index (χ0) is 19.3. The minimum absolute atomic E-state index is 0.0000609. The second kappa shape index (κ2) is 8.13. The van der Waals surface area contributed by atoms with Crippen molar-refractivity contribution in [1.29, 1.82) is 0 Å². The van der Waals surface area contributed by atoms with E-state index in [-0.39, 0.29) is 11.8 Å². The number of benzene rings is 1. The molecular weight excluding hydrogens is 350 g/mol. The maximum absolute atomic E-state index is 12.7. The quantitative estimate of drug-likeness (QED) is 0.526. The van der Waals surface area contributed by atoms with Gasteiger partial charge >= 0.3 is 0 Å². The fraction of sp³-hybridized carbons (Fsp3) is 0.217. The summed E-state index contributed by atoms with van der Waals surface area (Å²) in [6, 6.07) is 18.0. The van der Waals surface area contributed by atoms with Crippen LogP contribution < -0.4 is 5.32 Å². The van der Waals surface area contributed by atoms with Crippen LogP contribution in [0, 0.1) is 6.92 Å². The van der Waals surface area contributed by atoms with Gasteiger partial charge in [0.2, 0.25) is 5.91 Å². The number of nitrogens with one attached hydrogen (secondary N) is 1. The number of aryl methyl sites for hydroxylation is 1. The SMILES string of the molecule is Cc1cccn2c(CNC(=O)CC(Cc3ccccc3)c3ccco3)cnc12. The smallest absolute Gasteiger partial charge is 0.221 e. The summed E-state index contributed by atoms with van der Waals surface area (Å²) in [7, 11) is 0. The number of imidazole rings is 1. The highest BCUT2D eigenvalue weighted by Gasteiger charge is 2.19. The predicted octanol–water partition coefficient (Wildman–Crippen LogP) is 4.27. The van der Waals surface area contributed by atoms with Crippen molar-refractivity contribution in [2.45, 2.75) is 32.2 Å². The average Bonchev–Trinajstić information content (AvgIpc) is 3.38. The highest BCUT2D eigenvalue weighted by Crippen LogP contribution is 2.25. The Balaban J connectivity index is 1.43. The van der Waals surface area contributed by atoms with Gasteiger partial charge in [-0.15, -0.1) is 0 Å². The van der Waals surface area contributed by atoms with E-state index >= 15 is 0 Å². The van der Waals surface area contributed by atoms with E-state index in [0.29, 0.717) is 13.0 Å². The summed E-state index contributed by atoms with van der Waals surface area (Å²) >= 11 is 0. The van der Waals surface area contributed by atoms with Crippen LogP contribution in [0.25, 0.3) is 5.65 Å². The lowest BCUT2D eigenvalue weighted by Gasteiger charge is -2.15. The Labute approximate surface area is 164 Å². The molecule has 1 unspecified atom stereocenters. The molecule has 0 spiro atoms. The largest absolute Gasteiger partial charge is 0.469 e. The number of furan rings is 1. The molecule has 5 nitrogen and oxygen atoms in total. The molecule has 4 aromatic rings. The van der Waals surface area contributed by atoms with E-state index in [2.05, 4.69) is 22.4 Å². The molecule has 0 bridgehead atoms. The number of aromatic nitrogens is 2. The van der Waals surface area contributed by atoms with Crippen LogP contribution in [0.15, 0.2) is 77.7 Å². The lowest BCUT2D eigenvalue weighted by Crippen LogP contribution is -2.25. The minimum Gasteiger partial charge on any atom is -0.469 e. The number of carbonyl (C=O) groups is 1. The van der Waals surface area contributed by atoms with Gasteiger partial charge in [-0.2, -0.15) is 0 Å². The Morgan fingerprint density at radius 3 is 2.79 bits per heavy atom. The van der Waals surface area contributed by atoms with Gasteiger partial charge in [-0.05, 0) is 42.7 Å². The fourth-order valence-electron chi connectivity index (χ4n) is 3.51. The van der Waals surface area contributed by atoms with E-state index in [1.54, 1.807) is 6.26 Å². The summed E-state index contributed by atoms with van der Waals surface area (Å²) in [4.78, 5) is 17.1. The first-order chi connectivity index (χ1) is 13.7. The van der Waals surface area contributed by atoms with Gasteiger partial charge in [-0.3, -0.25) is 4.79 Å². The van der Waals surface area contributed by atoms with Crippen LogP contribution in [0.5, 0.6) is 0 Å². The van der Waals surface area contributed by atoms with E-state index in [1.165, 1.54) is 5.56 Å². The van der Waals surface area contributed by atoms with Crippen LogP contribution in [0.3, 0.4) is 0 Å². The number of pyridine rings is 1. The van der Waals surface area contributed by atoms with Crippen molar-refractivity contribution in [3.8, 4) is 0 Å². The van der Waals surface area contributed by atoms with Gasteiger partial charge in [0.05, 0.1) is 24.7 Å². The first kappa shape index (κ1) is 18.0. The molecule has 4 rings (SSSR count). The van der Waals surface area contributed by atoms with Crippen molar-refractivity contribution in [2.24, 2.45) is 0 Å². The van der Waals surface area contributed by atoms with E-state index in [1.807, 2.05) is 66.2 Å². The molecule has 0 saturated heterocycles. The molecule has 3 heterocycles. The molecule has 3 aromatic heterocycles. The molecule has 1 atom stereocenters. The van der Waals surface area contributed by atoms with Crippen molar-refractivity contribution in [2.75, 3.05) is 0 Å². The summed E-state index contributed by atoms with van der Waals surface area (Å²) in [6.07, 6.45) is 6.58. The molecule has 0 radical (unpaired) electrons. The van der Waals surface area contributed by atoms with Crippen LogP contribution in [0.2, 0.25) is 0 Å². The molecule has 1 aromatic carbocycles. The summed E-state index contributed by atoms with van der Waals surface area (Å²) in [5.41, 5.74) is 4.18. The first-order valence-electron chi connectivity index (χ1n) is 9.46. The van der Waals surface area contributed by atoms with Crippen molar-refractivity contribution < 1.29 is 9.21 Å². The lowest BCUT2D eigenvalue weighted by atomic mass is 9.93. The Morgan fingerprint density at radius 2 is 2.00 bits per heavy atom. The molecule has 1 N–H and O–H groups in total. The number of fused-ring (bicyclic) bond motifs is 1. The van der Waals surface area contributed by atoms with E-state index in [9.17, 15) is 4.79 Å². The molecular formula is C23H23N3O2. The second-order valence-electron chi connectivity index (χ2n) is 7.02. The molecule has 0 fully saturated rings. The maximum atomic E-state index is 12.7. The Hall–Kier alpha value is -3.34. The third kappa shape index (κ3) is 3.98. The zero-order valence-electron chi connectivity index (χ0n) is 15.8. The molecule has 1 amide bonds. The van der Waals surface area contributed by atoms with Gasteiger partial charge in [0.1, 0.15) is 11.4 Å². The molecule has 5 heteroatoms. The minimum atomic E-state index is -0.0000609. The van der Waals surface area contributed by atoms with Crippen molar-refractivity contribution >= 4 is 11.6 Å². The molecule has 0 aliphatic heterocycles. The number of carbonyl (C=O) groups excluding carboxylic acids is 1. The number of rotatable bonds is 7. The molecule has 0 aliphatic rings. The standard InChI is InChI=1S/C23H23N3O2/c1-17-7-5-11-26-20(16-25-23(17)26)15-24-22(27)14-19(21-10-6-12-28-21)13-18-8-3-2-4-9-18/h2-12,16,19H,13-15H2,1H3,(H,24,27). The highest BCUT2D eigenvalue weighted by molar-refractivity contribution is 5.76. The van der Waals surface area contributed by atoms with E-state index < -0.39 is 0 Å². The fourth-order valence-corrected chi connectivity index (χ4v) is 3.51. The van der Waals surface area contributed by atoms with E-state index in [4.69, 9.17) is 4.42 Å². The van der Waals surface area contributed by atoms with Crippen LogP contribution in [0.1, 0.15) is 34.9 Å². The number of nitrogens with zero attached hydrogens (tertiary/aromatic N) is 2. The van der Waals surface area contributed by atoms with Gasteiger partial charge in [0.15, 0.2) is 0 Å². The van der Waals surface area contributed by atoms with Gasteiger partial charge in [-0.25, -0.2) is 4.98 Å². The lowest BCUT2D eigenvalue weighted by molar-refractivity contribution is -0.121. The third-order valence-electron chi connectivity index (χ3n) is 4.98. The number of hydrogen-bond donors (Lipinski definition) is 1. The highest BCUT2D eigenvalue weighted by atomic mass is 16.3. The van der Waals surface area contributed by atoms with Crippen molar-refractivity contribution in [1.82, 2.24) is 14.7 Å². The van der Waals surface area contributed by atoms with Crippen molar-refractivity contribution in [3.05, 3.63) is 95.8 Å². The third-order valence-corrected chi connectivity index (χ3v) is 4.98.